The van der Waals surface area contributed by atoms with E-state index < -0.39 is 0 Å². The number of hydrogen-bond donors (Lipinski definition) is 0. The highest BCUT2D eigenvalue weighted by molar-refractivity contribution is 9.10. The zero-order valence-corrected chi connectivity index (χ0v) is 17.7. The molecular weight excluding hydrogens is 400 g/mol. The molecule has 138 valence electrons. The van der Waals surface area contributed by atoms with Crippen LogP contribution in [-0.4, -0.2) is 31.9 Å². The van der Waals surface area contributed by atoms with E-state index in [1.807, 2.05) is 14.1 Å². The summed E-state index contributed by atoms with van der Waals surface area (Å²) in [5.41, 5.74) is 4.12. The highest BCUT2D eigenvalue weighted by Crippen LogP contribution is 2.72. The Hall–Kier alpha value is -2.14. The molecule has 4 nitrogen and oxygen atoms in total. The minimum absolute atomic E-state index is 0.131. The zero-order chi connectivity index (χ0) is 19.0. The van der Waals surface area contributed by atoms with Crippen molar-refractivity contribution in [2.24, 2.45) is 15.4 Å². The Balaban J connectivity index is 1.81. The fraction of sp³-hybridized carbons (Fsp3) is 0.364. The Bertz CT molecular complexity index is 999. The summed E-state index contributed by atoms with van der Waals surface area (Å²) in [6.07, 6.45) is 1.33. The number of rotatable bonds is 1. The molecular formula is C22H23BrN4. The minimum Gasteiger partial charge on any atom is -0.302 e. The molecule has 3 atom stereocenters. The van der Waals surface area contributed by atoms with E-state index in [1.54, 1.807) is 0 Å². The molecule has 0 bridgehead atoms. The van der Waals surface area contributed by atoms with Crippen LogP contribution < -0.4 is 9.80 Å². The Morgan fingerprint density at radius 3 is 2.30 bits per heavy atom. The summed E-state index contributed by atoms with van der Waals surface area (Å²) < 4.78 is 1.09. The number of halogens is 1. The summed E-state index contributed by atoms with van der Waals surface area (Å²) in [5, 5.41) is 0. The molecule has 0 N–H and O–H groups in total. The largest absolute Gasteiger partial charge is 0.302 e. The van der Waals surface area contributed by atoms with E-state index in [0.29, 0.717) is 0 Å². The third-order valence-electron chi connectivity index (χ3n) is 6.84. The van der Waals surface area contributed by atoms with Gasteiger partial charge < -0.3 is 9.80 Å². The van der Waals surface area contributed by atoms with Crippen molar-refractivity contribution in [2.75, 3.05) is 23.9 Å². The summed E-state index contributed by atoms with van der Waals surface area (Å²) in [6, 6.07) is 17.3. The summed E-state index contributed by atoms with van der Waals surface area (Å²) >= 11 is 3.68. The maximum Gasteiger partial charge on any atom is 0.173 e. The van der Waals surface area contributed by atoms with Crippen LogP contribution >= 0.6 is 15.9 Å². The van der Waals surface area contributed by atoms with E-state index in [-0.39, 0.29) is 17.0 Å². The number of hydrogen-bond acceptors (Lipinski definition) is 2. The van der Waals surface area contributed by atoms with Crippen LogP contribution in [0.2, 0.25) is 0 Å². The Morgan fingerprint density at radius 1 is 0.963 bits per heavy atom. The number of nitrogens with zero attached hydrogens (tertiary/aromatic N) is 4. The number of benzene rings is 2. The third-order valence-corrected chi connectivity index (χ3v) is 7.34. The van der Waals surface area contributed by atoms with E-state index in [1.165, 1.54) is 16.9 Å². The van der Waals surface area contributed by atoms with Crippen molar-refractivity contribution in [3.63, 3.8) is 0 Å². The molecule has 2 aliphatic heterocycles. The van der Waals surface area contributed by atoms with Gasteiger partial charge in [0, 0.05) is 40.8 Å². The third kappa shape index (κ3) is 1.98. The van der Waals surface area contributed by atoms with E-state index in [0.717, 1.165) is 22.6 Å². The number of fused-ring (bicyclic) bond motifs is 6. The first kappa shape index (κ1) is 17.0. The highest BCUT2D eigenvalue weighted by Gasteiger charge is 2.73. The first-order chi connectivity index (χ1) is 13.0. The van der Waals surface area contributed by atoms with Gasteiger partial charge in [0.1, 0.15) is 6.17 Å². The topological polar surface area (TPSA) is 31.2 Å². The minimum atomic E-state index is 0.131. The van der Waals surface area contributed by atoms with Crippen LogP contribution in [0.3, 0.4) is 0 Å². The van der Waals surface area contributed by atoms with Crippen molar-refractivity contribution < 1.29 is 0 Å². The highest BCUT2D eigenvalue weighted by atomic mass is 79.9. The molecule has 5 heteroatoms. The van der Waals surface area contributed by atoms with Crippen molar-refractivity contribution in [1.82, 2.24) is 0 Å². The quantitative estimate of drug-likeness (QED) is 0.658. The lowest BCUT2D eigenvalue weighted by Crippen LogP contribution is -2.51. The molecule has 0 amide bonds. The van der Waals surface area contributed by atoms with Gasteiger partial charge in [-0.3, -0.25) is 9.98 Å². The van der Waals surface area contributed by atoms with Crippen LogP contribution in [0.1, 0.15) is 25.8 Å². The lowest BCUT2D eigenvalue weighted by Gasteiger charge is -2.43. The Labute approximate surface area is 168 Å². The zero-order valence-electron chi connectivity index (χ0n) is 16.1. The fourth-order valence-electron chi connectivity index (χ4n) is 5.29. The average Bonchev–Trinajstić information content (AvgIpc) is 3.10. The average molecular weight is 423 g/mol. The Kier molecular flexibility index (Phi) is 3.43. The van der Waals surface area contributed by atoms with Gasteiger partial charge in [-0.15, -0.1) is 0 Å². The molecule has 1 saturated heterocycles. The normalized spacial score (nSPS) is 33.9. The Morgan fingerprint density at radius 2 is 1.63 bits per heavy atom. The smallest absolute Gasteiger partial charge is 0.173 e. The standard InChI is InChI=1S/C22H23BrN4/c1-21-13-22(21,2)20-26(15-8-6-5-7-9-15)18(24-3)19(25-4)27(20)17-12-14(23)10-11-16(17)21/h5-12,20H,13H2,1-4H3/b24-18+,25-19+. The van der Waals surface area contributed by atoms with Gasteiger partial charge in [0.2, 0.25) is 0 Å². The van der Waals surface area contributed by atoms with Crippen molar-refractivity contribution in [2.45, 2.75) is 31.8 Å². The van der Waals surface area contributed by atoms with Crippen LogP contribution in [0.5, 0.6) is 0 Å². The van der Waals surface area contributed by atoms with Crippen LogP contribution in [-0.2, 0) is 5.41 Å². The van der Waals surface area contributed by atoms with Crippen LogP contribution in [0.15, 0.2) is 63.0 Å². The van der Waals surface area contributed by atoms with Crippen LogP contribution in [0, 0.1) is 5.41 Å². The maximum absolute atomic E-state index is 4.69. The summed E-state index contributed by atoms with van der Waals surface area (Å²) in [4.78, 5) is 14.2. The van der Waals surface area contributed by atoms with E-state index in [2.05, 4.69) is 93.1 Å². The molecule has 1 saturated carbocycles. The molecule has 27 heavy (non-hydrogen) atoms. The lowest BCUT2D eigenvalue weighted by atomic mass is 9.81. The van der Waals surface area contributed by atoms with Gasteiger partial charge in [0.05, 0.1) is 0 Å². The monoisotopic (exact) mass is 422 g/mol. The number of anilines is 2. The first-order valence-corrected chi connectivity index (χ1v) is 10.1. The van der Waals surface area contributed by atoms with Gasteiger partial charge in [-0.25, -0.2) is 0 Å². The number of para-hydroxylation sites is 1. The summed E-state index contributed by atoms with van der Waals surface area (Å²) in [6.45, 7) is 4.82. The molecule has 2 heterocycles. The van der Waals surface area contributed by atoms with Crippen LogP contribution in [0.25, 0.3) is 0 Å². The van der Waals surface area contributed by atoms with Gasteiger partial charge in [-0.05, 0) is 36.2 Å². The molecule has 2 aromatic carbocycles. The molecule has 3 aliphatic rings. The van der Waals surface area contributed by atoms with E-state index in [9.17, 15) is 0 Å². The fourth-order valence-corrected chi connectivity index (χ4v) is 5.63. The summed E-state index contributed by atoms with van der Waals surface area (Å²) in [5.74, 6) is 1.89. The van der Waals surface area contributed by atoms with Gasteiger partial charge in [-0.1, -0.05) is 54.0 Å². The summed E-state index contributed by atoms with van der Waals surface area (Å²) in [7, 11) is 3.73. The SMILES string of the molecule is C/N=C1\C(=N/C)N2c3cc(Br)ccc3C3(C)CC3(C)C2N1c1ccccc1. The molecule has 1 aliphatic carbocycles. The van der Waals surface area contributed by atoms with E-state index in [4.69, 9.17) is 4.99 Å². The molecule has 0 aromatic heterocycles. The predicted octanol–water partition coefficient (Wildman–Crippen LogP) is 4.84. The molecule has 3 unspecified atom stereocenters. The van der Waals surface area contributed by atoms with Crippen molar-refractivity contribution in [3.05, 3.63) is 58.6 Å². The predicted molar refractivity (Wildman–Crippen MR) is 116 cm³/mol. The second-order valence-electron chi connectivity index (χ2n) is 8.13. The molecule has 2 fully saturated rings. The number of amidine groups is 2. The second-order valence-corrected chi connectivity index (χ2v) is 9.05. The lowest BCUT2D eigenvalue weighted by molar-refractivity contribution is 0.378. The van der Waals surface area contributed by atoms with Crippen molar-refractivity contribution in [3.8, 4) is 0 Å². The van der Waals surface area contributed by atoms with Crippen molar-refractivity contribution in [1.29, 1.82) is 0 Å². The molecule has 5 rings (SSSR count). The molecule has 0 spiro atoms. The molecule has 2 aromatic rings. The van der Waals surface area contributed by atoms with Gasteiger partial charge >= 0.3 is 0 Å². The molecule has 0 radical (unpaired) electrons. The number of aliphatic imine (C=N–C) groups is 2. The maximum atomic E-state index is 4.69. The van der Waals surface area contributed by atoms with Gasteiger partial charge in [-0.2, -0.15) is 0 Å². The van der Waals surface area contributed by atoms with Gasteiger partial charge in [0.25, 0.3) is 0 Å². The van der Waals surface area contributed by atoms with Gasteiger partial charge in [0.15, 0.2) is 11.7 Å². The van der Waals surface area contributed by atoms with Crippen molar-refractivity contribution >= 4 is 39.0 Å². The first-order valence-electron chi connectivity index (χ1n) is 9.34. The van der Waals surface area contributed by atoms with E-state index >= 15 is 0 Å². The second kappa shape index (κ2) is 5.44. The van der Waals surface area contributed by atoms with Crippen LogP contribution in [0.4, 0.5) is 11.4 Å².